The molecule has 55 heavy (non-hydrogen) atoms. The van der Waals surface area contributed by atoms with Gasteiger partial charge >= 0.3 is 0 Å². The van der Waals surface area contributed by atoms with Gasteiger partial charge in [-0.2, -0.15) is 0 Å². The maximum Gasteiger partial charge on any atom is 0.160 e. The van der Waals surface area contributed by atoms with E-state index in [0.717, 1.165) is 66.7 Å². The van der Waals surface area contributed by atoms with Crippen LogP contribution in [0.25, 0.3) is 110 Å². The van der Waals surface area contributed by atoms with Crippen LogP contribution in [0.5, 0.6) is 0 Å². The molecule has 0 unspecified atom stereocenters. The van der Waals surface area contributed by atoms with Gasteiger partial charge in [-0.3, -0.25) is 0 Å². The van der Waals surface area contributed by atoms with E-state index in [4.69, 9.17) is 14.4 Å². The van der Waals surface area contributed by atoms with Crippen molar-refractivity contribution in [2.24, 2.45) is 0 Å². The first kappa shape index (κ1) is 31.2. The van der Waals surface area contributed by atoms with Gasteiger partial charge in [0.15, 0.2) is 5.82 Å². The standard InChI is InChI=1S/C52H32N2O/c1-2-13-36(14-3-1)52-53-47(35-26-24-34(25-27-35)42-21-11-22-45-43-20-8-9-23-49(43)55-51(42)45)32-48(54-52)38-16-10-17-39(30-38)50-41-19-7-5-15-37(41)31-46-40-18-6-4-12-33(40)28-29-44(46)50/h1-32H. The molecule has 2 heterocycles. The van der Waals surface area contributed by atoms with E-state index in [-0.39, 0.29) is 0 Å². The molecular weight excluding hydrogens is 669 g/mol. The lowest BCUT2D eigenvalue weighted by Crippen LogP contribution is -1.96. The molecule has 0 fully saturated rings. The molecule has 0 N–H and O–H groups in total. The SMILES string of the molecule is c1ccc(-c2nc(-c3ccc(-c4cccc5c4oc4ccccc45)cc3)cc(-c3cccc(-c4c5ccccc5cc5c4ccc4ccccc45)c3)n2)cc1. The first-order valence-corrected chi connectivity index (χ1v) is 18.6. The molecule has 0 bridgehead atoms. The van der Waals surface area contributed by atoms with Crippen molar-refractivity contribution in [1.82, 2.24) is 9.97 Å². The van der Waals surface area contributed by atoms with Crippen LogP contribution >= 0.6 is 0 Å². The maximum atomic E-state index is 6.37. The zero-order valence-corrected chi connectivity index (χ0v) is 29.8. The Bertz CT molecular complexity index is 3250. The highest BCUT2D eigenvalue weighted by Crippen LogP contribution is 2.41. The van der Waals surface area contributed by atoms with E-state index < -0.39 is 0 Å². The third-order valence-electron chi connectivity index (χ3n) is 10.9. The van der Waals surface area contributed by atoms with Gasteiger partial charge in [0.05, 0.1) is 11.4 Å². The van der Waals surface area contributed by atoms with Crippen molar-refractivity contribution in [3.8, 4) is 56.2 Å². The first-order chi connectivity index (χ1) is 27.2. The largest absolute Gasteiger partial charge is 0.455 e. The summed E-state index contributed by atoms with van der Waals surface area (Å²) >= 11 is 0. The highest BCUT2D eigenvalue weighted by atomic mass is 16.3. The van der Waals surface area contributed by atoms with Crippen molar-refractivity contribution in [3.05, 3.63) is 194 Å². The Balaban J connectivity index is 1.05. The molecule has 3 nitrogen and oxygen atoms in total. The van der Waals surface area contributed by atoms with Crippen LogP contribution in [0.1, 0.15) is 0 Å². The molecular formula is C52H32N2O. The van der Waals surface area contributed by atoms with Gasteiger partial charge in [0.25, 0.3) is 0 Å². The summed E-state index contributed by atoms with van der Waals surface area (Å²) in [5, 5.41) is 9.70. The number of para-hydroxylation sites is 2. The number of hydrogen-bond donors (Lipinski definition) is 0. The molecule has 0 radical (unpaired) electrons. The van der Waals surface area contributed by atoms with Gasteiger partial charge in [0.1, 0.15) is 11.2 Å². The number of rotatable bonds is 5. The van der Waals surface area contributed by atoms with Crippen LogP contribution < -0.4 is 0 Å². The van der Waals surface area contributed by atoms with Crippen LogP contribution in [0.4, 0.5) is 0 Å². The number of furan rings is 1. The smallest absolute Gasteiger partial charge is 0.160 e. The fraction of sp³-hybridized carbons (Fsp3) is 0. The Hall–Kier alpha value is -7.36. The second-order valence-corrected chi connectivity index (χ2v) is 14.1. The second kappa shape index (κ2) is 12.6. The van der Waals surface area contributed by atoms with Gasteiger partial charge in [-0.15, -0.1) is 0 Å². The fourth-order valence-corrected chi connectivity index (χ4v) is 8.22. The summed E-state index contributed by atoms with van der Waals surface area (Å²) in [5.41, 5.74) is 11.1. The first-order valence-electron chi connectivity index (χ1n) is 18.6. The van der Waals surface area contributed by atoms with Gasteiger partial charge in [-0.25, -0.2) is 9.97 Å². The third kappa shape index (κ3) is 5.28. The van der Waals surface area contributed by atoms with Crippen molar-refractivity contribution in [2.75, 3.05) is 0 Å². The summed E-state index contributed by atoms with van der Waals surface area (Å²) in [6, 6.07) is 68.6. The lowest BCUT2D eigenvalue weighted by Gasteiger charge is -2.15. The summed E-state index contributed by atoms with van der Waals surface area (Å²) in [5.74, 6) is 0.691. The predicted molar refractivity (Wildman–Crippen MR) is 229 cm³/mol. The maximum absolute atomic E-state index is 6.37. The molecule has 0 aliphatic carbocycles. The molecule has 0 spiro atoms. The Morgan fingerprint density at radius 1 is 0.327 bits per heavy atom. The number of benzene rings is 9. The van der Waals surface area contributed by atoms with Crippen molar-refractivity contribution in [1.29, 1.82) is 0 Å². The van der Waals surface area contributed by atoms with E-state index in [1.807, 2.05) is 30.3 Å². The highest BCUT2D eigenvalue weighted by Gasteiger charge is 2.16. The van der Waals surface area contributed by atoms with E-state index in [1.165, 1.54) is 37.9 Å². The summed E-state index contributed by atoms with van der Waals surface area (Å²) < 4.78 is 6.37. The van der Waals surface area contributed by atoms with E-state index in [1.54, 1.807) is 0 Å². The van der Waals surface area contributed by atoms with Crippen LogP contribution in [0.3, 0.4) is 0 Å². The molecule has 0 atom stereocenters. The van der Waals surface area contributed by atoms with Gasteiger partial charge in [-0.05, 0) is 73.3 Å². The summed E-state index contributed by atoms with van der Waals surface area (Å²) in [4.78, 5) is 10.3. The van der Waals surface area contributed by atoms with Gasteiger partial charge in [0.2, 0.25) is 0 Å². The van der Waals surface area contributed by atoms with Crippen molar-refractivity contribution in [2.45, 2.75) is 0 Å². The quantitative estimate of drug-likeness (QED) is 0.133. The number of fused-ring (bicyclic) bond motifs is 7. The molecule has 0 saturated carbocycles. The third-order valence-corrected chi connectivity index (χ3v) is 10.9. The zero-order valence-electron chi connectivity index (χ0n) is 29.8. The zero-order chi connectivity index (χ0) is 36.3. The molecule has 11 rings (SSSR count). The van der Waals surface area contributed by atoms with Crippen LogP contribution in [0.2, 0.25) is 0 Å². The van der Waals surface area contributed by atoms with Crippen LogP contribution in [0, 0.1) is 0 Å². The lowest BCUT2D eigenvalue weighted by molar-refractivity contribution is 0.670. The minimum absolute atomic E-state index is 0.691. The average molecular weight is 701 g/mol. The van der Waals surface area contributed by atoms with Gasteiger partial charge < -0.3 is 4.42 Å². The van der Waals surface area contributed by atoms with E-state index in [9.17, 15) is 0 Å². The minimum Gasteiger partial charge on any atom is -0.455 e. The Morgan fingerprint density at radius 3 is 1.82 bits per heavy atom. The molecule has 9 aromatic carbocycles. The number of hydrogen-bond acceptors (Lipinski definition) is 3. The van der Waals surface area contributed by atoms with Crippen molar-refractivity contribution >= 4 is 54.3 Å². The molecule has 11 aromatic rings. The molecule has 0 saturated heterocycles. The molecule has 2 aromatic heterocycles. The normalized spacial score (nSPS) is 11.6. The fourth-order valence-electron chi connectivity index (χ4n) is 8.22. The second-order valence-electron chi connectivity index (χ2n) is 14.1. The topological polar surface area (TPSA) is 38.9 Å². The number of aromatic nitrogens is 2. The van der Waals surface area contributed by atoms with E-state index in [0.29, 0.717) is 5.82 Å². The average Bonchev–Trinajstić information content (AvgIpc) is 3.65. The number of nitrogens with zero attached hydrogens (tertiary/aromatic N) is 2. The molecule has 0 aliphatic rings. The van der Waals surface area contributed by atoms with Gasteiger partial charge in [0, 0.05) is 33.0 Å². The highest BCUT2D eigenvalue weighted by molar-refractivity contribution is 6.20. The lowest BCUT2D eigenvalue weighted by atomic mass is 9.89. The van der Waals surface area contributed by atoms with Crippen LogP contribution in [0.15, 0.2) is 199 Å². The van der Waals surface area contributed by atoms with Crippen LogP contribution in [-0.4, -0.2) is 9.97 Å². The molecule has 256 valence electrons. The summed E-state index contributed by atoms with van der Waals surface area (Å²) in [7, 11) is 0. The molecule has 0 amide bonds. The Labute approximate surface area is 317 Å². The summed E-state index contributed by atoms with van der Waals surface area (Å²) in [6.07, 6.45) is 0. The van der Waals surface area contributed by atoms with E-state index in [2.05, 4.69) is 164 Å². The van der Waals surface area contributed by atoms with E-state index >= 15 is 0 Å². The van der Waals surface area contributed by atoms with Crippen molar-refractivity contribution in [3.63, 3.8) is 0 Å². The molecule has 0 aliphatic heterocycles. The van der Waals surface area contributed by atoms with Crippen LogP contribution in [-0.2, 0) is 0 Å². The monoisotopic (exact) mass is 700 g/mol. The molecule has 3 heteroatoms. The minimum atomic E-state index is 0.691. The van der Waals surface area contributed by atoms with Gasteiger partial charge in [-0.1, -0.05) is 170 Å². The Kier molecular flexibility index (Phi) is 7.17. The summed E-state index contributed by atoms with van der Waals surface area (Å²) in [6.45, 7) is 0. The predicted octanol–water partition coefficient (Wildman–Crippen LogP) is 14.2. The van der Waals surface area contributed by atoms with Crippen molar-refractivity contribution < 1.29 is 4.42 Å². The Morgan fingerprint density at radius 2 is 0.964 bits per heavy atom.